The number of esters is 1. The van der Waals surface area contributed by atoms with E-state index in [1.165, 1.54) is 6.07 Å². The van der Waals surface area contributed by atoms with Crippen LogP contribution in [0.1, 0.15) is 36.5 Å². The minimum absolute atomic E-state index is 0.00698. The molecule has 0 fully saturated rings. The zero-order valence-corrected chi connectivity index (χ0v) is 10.8. The minimum atomic E-state index is -0.570. The van der Waals surface area contributed by atoms with Crippen molar-refractivity contribution in [2.75, 3.05) is 6.61 Å². The summed E-state index contributed by atoms with van der Waals surface area (Å²) in [6, 6.07) is 3.60. The summed E-state index contributed by atoms with van der Waals surface area (Å²) in [5, 5.41) is 0.159. The van der Waals surface area contributed by atoms with E-state index in [2.05, 4.69) is 0 Å². The summed E-state index contributed by atoms with van der Waals surface area (Å²) in [4.78, 5) is 22.9. The van der Waals surface area contributed by atoms with Crippen LogP contribution < -0.4 is 0 Å². The second kappa shape index (κ2) is 7.11. The number of halogens is 2. The van der Waals surface area contributed by atoms with Gasteiger partial charge < -0.3 is 4.74 Å². The number of carbonyl (C=O) groups excluding carboxylic acids is 2. The molecule has 0 unspecified atom stereocenters. The molecule has 98 valence electrons. The molecule has 0 aliphatic carbocycles. The first kappa shape index (κ1) is 14.6. The summed E-state index contributed by atoms with van der Waals surface area (Å²) in [5.41, 5.74) is 0.170. The molecule has 0 saturated heterocycles. The fourth-order valence-corrected chi connectivity index (χ4v) is 1.58. The third kappa shape index (κ3) is 4.84. The molecule has 18 heavy (non-hydrogen) atoms. The van der Waals surface area contributed by atoms with Crippen LogP contribution in [0.25, 0.3) is 0 Å². The average molecular weight is 273 g/mol. The summed E-state index contributed by atoms with van der Waals surface area (Å²) < 4.78 is 17.9. The Bertz CT molecular complexity index is 426. The number of rotatable bonds is 6. The normalized spacial score (nSPS) is 10.2. The molecule has 0 aromatic heterocycles. The van der Waals surface area contributed by atoms with Crippen molar-refractivity contribution in [1.82, 2.24) is 0 Å². The van der Waals surface area contributed by atoms with E-state index in [0.29, 0.717) is 6.61 Å². The standard InChI is InChI=1S/C13H14ClFO3/c1-2-5-18-13(17)4-3-12(16)9-6-10(14)8-11(15)7-9/h6-8H,2-5H2,1H3. The molecule has 0 saturated carbocycles. The number of hydrogen-bond acceptors (Lipinski definition) is 3. The summed E-state index contributed by atoms with van der Waals surface area (Å²) in [6.07, 6.45) is 0.717. The SMILES string of the molecule is CCCOC(=O)CCC(=O)c1cc(F)cc(Cl)c1. The Morgan fingerprint density at radius 2 is 2.00 bits per heavy atom. The van der Waals surface area contributed by atoms with Crippen LogP contribution in [-0.2, 0) is 9.53 Å². The molecule has 1 rings (SSSR count). The van der Waals surface area contributed by atoms with Crippen molar-refractivity contribution in [3.63, 3.8) is 0 Å². The smallest absolute Gasteiger partial charge is 0.306 e. The van der Waals surface area contributed by atoms with Crippen LogP contribution in [0.5, 0.6) is 0 Å². The molecule has 1 aromatic carbocycles. The van der Waals surface area contributed by atoms with Crippen molar-refractivity contribution < 1.29 is 18.7 Å². The molecule has 0 amide bonds. The summed E-state index contributed by atoms with van der Waals surface area (Å²) in [5.74, 6) is -1.32. The van der Waals surface area contributed by atoms with Gasteiger partial charge in [0.05, 0.1) is 13.0 Å². The molecule has 0 atom stereocenters. The lowest BCUT2D eigenvalue weighted by molar-refractivity contribution is -0.143. The first-order chi connectivity index (χ1) is 8.52. The third-order valence-corrected chi connectivity index (χ3v) is 2.43. The van der Waals surface area contributed by atoms with E-state index in [-0.39, 0.29) is 29.2 Å². The van der Waals surface area contributed by atoms with Crippen LogP contribution >= 0.6 is 11.6 Å². The maximum Gasteiger partial charge on any atom is 0.306 e. The minimum Gasteiger partial charge on any atom is -0.466 e. The molecule has 1 aromatic rings. The lowest BCUT2D eigenvalue weighted by Crippen LogP contribution is -2.09. The second-order valence-corrected chi connectivity index (χ2v) is 4.24. The highest BCUT2D eigenvalue weighted by atomic mass is 35.5. The number of ketones is 1. The monoisotopic (exact) mass is 272 g/mol. The van der Waals surface area contributed by atoms with Crippen LogP contribution in [0, 0.1) is 5.82 Å². The predicted molar refractivity (Wildman–Crippen MR) is 66.2 cm³/mol. The molecule has 0 aliphatic rings. The van der Waals surface area contributed by atoms with Crippen LogP contribution in [0.4, 0.5) is 4.39 Å². The lowest BCUT2D eigenvalue weighted by atomic mass is 10.1. The number of hydrogen-bond donors (Lipinski definition) is 0. The topological polar surface area (TPSA) is 43.4 Å². The Morgan fingerprint density at radius 3 is 2.61 bits per heavy atom. The number of Topliss-reactive ketones (excluding diaryl/α,β-unsaturated/α-hetero) is 1. The second-order valence-electron chi connectivity index (χ2n) is 3.80. The highest BCUT2D eigenvalue weighted by Crippen LogP contribution is 2.16. The Balaban J connectivity index is 2.52. The van der Waals surface area contributed by atoms with E-state index in [1.54, 1.807) is 0 Å². The van der Waals surface area contributed by atoms with Crippen LogP contribution in [0.2, 0.25) is 5.02 Å². The van der Waals surface area contributed by atoms with E-state index in [4.69, 9.17) is 16.3 Å². The third-order valence-electron chi connectivity index (χ3n) is 2.21. The number of benzene rings is 1. The van der Waals surface area contributed by atoms with Gasteiger partial charge in [0.25, 0.3) is 0 Å². The number of carbonyl (C=O) groups is 2. The predicted octanol–water partition coefficient (Wildman–Crippen LogP) is 3.40. The molecule has 0 radical (unpaired) electrons. The van der Waals surface area contributed by atoms with Crippen LogP contribution in [-0.4, -0.2) is 18.4 Å². The van der Waals surface area contributed by atoms with Gasteiger partial charge in [-0.3, -0.25) is 9.59 Å². The molecule has 0 heterocycles. The van der Waals surface area contributed by atoms with Crippen LogP contribution in [0.3, 0.4) is 0 Å². The molecule has 0 N–H and O–H groups in total. The van der Waals surface area contributed by atoms with E-state index in [0.717, 1.165) is 18.6 Å². The fourth-order valence-electron chi connectivity index (χ4n) is 1.36. The highest BCUT2D eigenvalue weighted by Gasteiger charge is 2.11. The van der Waals surface area contributed by atoms with Crippen molar-refractivity contribution in [2.45, 2.75) is 26.2 Å². The summed E-state index contributed by atoms with van der Waals surface area (Å²) in [7, 11) is 0. The van der Waals surface area contributed by atoms with E-state index in [1.807, 2.05) is 6.92 Å². The Kier molecular flexibility index (Phi) is 5.78. The van der Waals surface area contributed by atoms with Gasteiger partial charge >= 0.3 is 5.97 Å². The van der Waals surface area contributed by atoms with Gasteiger partial charge in [-0.1, -0.05) is 18.5 Å². The van der Waals surface area contributed by atoms with E-state index in [9.17, 15) is 14.0 Å². The van der Waals surface area contributed by atoms with Crippen LogP contribution in [0.15, 0.2) is 18.2 Å². The van der Waals surface area contributed by atoms with Gasteiger partial charge in [0.1, 0.15) is 5.82 Å². The molecule has 0 bridgehead atoms. The quantitative estimate of drug-likeness (QED) is 0.589. The van der Waals surface area contributed by atoms with Crippen molar-refractivity contribution in [3.8, 4) is 0 Å². The fraction of sp³-hybridized carbons (Fsp3) is 0.385. The summed E-state index contributed by atoms with van der Waals surface area (Å²) in [6.45, 7) is 2.23. The van der Waals surface area contributed by atoms with Gasteiger partial charge in [-0.05, 0) is 24.6 Å². The van der Waals surface area contributed by atoms with Crippen molar-refractivity contribution in [1.29, 1.82) is 0 Å². The Hall–Kier alpha value is -1.42. The van der Waals surface area contributed by atoms with Gasteiger partial charge in [-0.2, -0.15) is 0 Å². The summed E-state index contributed by atoms with van der Waals surface area (Å²) >= 11 is 5.64. The maximum absolute atomic E-state index is 13.0. The zero-order valence-electron chi connectivity index (χ0n) is 10.0. The Morgan fingerprint density at radius 1 is 1.28 bits per heavy atom. The van der Waals surface area contributed by atoms with Gasteiger partial charge in [0.15, 0.2) is 5.78 Å². The first-order valence-corrected chi connectivity index (χ1v) is 6.05. The molecule has 3 nitrogen and oxygen atoms in total. The first-order valence-electron chi connectivity index (χ1n) is 5.68. The largest absolute Gasteiger partial charge is 0.466 e. The van der Waals surface area contributed by atoms with E-state index >= 15 is 0 Å². The van der Waals surface area contributed by atoms with Crippen molar-refractivity contribution >= 4 is 23.4 Å². The zero-order chi connectivity index (χ0) is 13.5. The molecular formula is C13H14ClFO3. The van der Waals surface area contributed by atoms with Gasteiger partial charge in [0.2, 0.25) is 0 Å². The van der Waals surface area contributed by atoms with Gasteiger partial charge in [-0.25, -0.2) is 4.39 Å². The average Bonchev–Trinajstić information content (AvgIpc) is 2.32. The molecule has 0 spiro atoms. The van der Waals surface area contributed by atoms with Crippen molar-refractivity contribution in [2.24, 2.45) is 0 Å². The molecule has 5 heteroatoms. The maximum atomic E-state index is 13.0. The van der Waals surface area contributed by atoms with Gasteiger partial charge in [0, 0.05) is 17.0 Å². The highest BCUT2D eigenvalue weighted by molar-refractivity contribution is 6.31. The number of ether oxygens (including phenoxy) is 1. The van der Waals surface area contributed by atoms with E-state index < -0.39 is 11.8 Å². The lowest BCUT2D eigenvalue weighted by Gasteiger charge is -2.03. The van der Waals surface area contributed by atoms with Crippen molar-refractivity contribution in [3.05, 3.63) is 34.6 Å². The molecular weight excluding hydrogens is 259 g/mol. The Labute approximate surface area is 110 Å². The molecule has 0 aliphatic heterocycles. The van der Waals surface area contributed by atoms with Gasteiger partial charge in [-0.15, -0.1) is 0 Å².